The topological polar surface area (TPSA) is 58.6 Å². The highest BCUT2D eigenvalue weighted by Gasteiger charge is 2.28. The number of benzene rings is 1. The standard InChI is InChI=1S/C17H24N2O3/c1-17(2,3)22-16(21)18-11-15(20)19(4)14-10-9-12-7-5-6-8-13(12)14/h5-8,14H,9-11H2,1-4H3,(H,18,21)/t14-/m1/s1. The Hall–Kier alpha value is -2.04. The molecule has 0 bridgehead atoms. The fourth-order valence-corrected chi connectivity index (χ4v) is 2.70. The second-order valence-corrected chi connectivity index (χ2v) is 6.61. The van der Waals surface area contributed by atoms with E-state index in [2.05, 4.69) is 17.4 Å². The van der Waals surface area contributed by atoms with Crippen molar-refractivity contribution in [2.45, 2.75) is 45.3 Å². The molecular weight excluding hydrogens is 280 g/mol. The van der Waals surface area contributed by atoms with E-state index in [1.54, 1.807) is 32.7 Å². The highest BCUT2D eigenvalue weighted by molar-refractivity contribution is 5.82. The van der Waals surface area contributed by atoms with Gasteiger partial charge in [0.05, 0.1) is 6.04 Å². The third-order valence-electron chi connectivity index (χ3n) is 3.74. The molecule has 1 aliphatic rings. The van der Waals surface area contributed by atoms with E-state index in [0.29, 0.717) is 0 Å². The molecule has 2 amide bonds. The summed E-state index contributed by atoms with van der Waals surface area (Å²) in [7, 11) is 1.78. The highest BCUT2D eigenvalue weighted by atomic mass is 16.6. The second-order valence-electron chi connectivity index (χ2n) is 6.61. The number of rotatable bonds is 3. The number of hydrogen-bond donors (Lipinski definition) is 1. The number of aryl methyl sites for hydroxylation is 1. The van der Waals surface area contributed by atoms with E-state index in [1.165, 1.54) is 11.1 Å². The van der Waals surface area contributed by atoms with Crippen LogP contribution in [0.25, 0.3) is 0 Å². The van der Waals surface area contributed by atoms with Gasteiger partial charge in [0.15, 0.2) is 0 Å². The van der Waals surface area contributed by atoms with Gasteiger partial charge in [0.2, 0.25) is 5.91 Å². The Morgan fingerprint density at radius 3 is 2.68 bits per heavy atom. The van der Waals surface area contributed by atoms with Gasteiger partial charge in [-0.1, -0.05) is 24.3 Å². The van der Waals surface area contributed by atoms with E-state index >= 15 is 0 Å². The number of amides is 2. The lowest BCUT2D eigenvalue weighted by atomic mass is 10.1. The molecule has 120 valence electrons. The number of nitrogens with one attached hydrogen (secondary N) is 1. The molecule has 1 aliphatic carbocycles. The SMILES string of the molecule is CN(C(=O)CNC(=O)OC(C)(C)C)[C@@H]1CCc2ccccc21. The summed E-state index contributed by atoms with van der Waals surface area (Å²) in [5, 5.41) is 2.51. The Kier molecular flexibility index (Phi) is 4.74. The van der Waals surface area contributed by atoms with Crippen molar-refractivity contribution in [2.24, 2.45) is 0 Å². The van der Waals surface area contributed by atoms with E-state index in [1.807, 2.05) is 12.1 Å². The van der Waals surface area contributed by atoms with Crippen LogP contribution in [0.4, 0.5) is 4.79 Å². The molecule has 0 saturated heterocycles. The van der Waals surface area contributed by atoms with Gasteiger partial charge in [-0.25, -0.2) is 4.79 Å². The van der Waals surface area contributed by atoms with Gasteiger partial charge in [0.1, 0.15) is 12.1 Å². The lowest BCUT2D eigenvalue weighted by molar-refractivity contribution is -0.131. The summed E-state index contributed by atoms with van der Waals surface area (Å²) >= 11 is 0. The normalized spacial score (nSPS) is 16.8. The maximum absolute atomic E-state index is 12.3. The third kappa shape index (κ3) is 4.00. The molecule has 1 atom stereocenters. The summed E-state index contributed by atoms with van der Waals surface area (Å²) in [6.45, 7) is 5.31. The lowest BCUT2D eigenvalue weighted by Gasteiger charge is -2.26. The van der Waals surface area contributed by atoms with Crippen molar-refractivity contribution in [3.05, 3.63) is 35.4 Å². The van der Waals surface area contributed by atoms with Gasteiger partial charge < -0.3 is 15.0 Å². The van der Waals surface area contributed by atoms with Gasteiger partial charge in [0, 0.05) is 7.05 Å². The molecule has 1 aromatic rings. The second kappa shape index (κ2) is 6.38. The van der Waals surface area contributed by atoms with Crippen LogP contribution >= 0.6 is 0 Å². The highest BCUT2D eigenvalue weighted by Crippen LogP contribution is 2.34. The monoisotopic (exact) mass is 304 g/mol. The first-order chi connectivity index (χ1) is 10.3. The molecule has 0 saturated carbocycles. The van der Waals surface area contributed by atoms with Gasteiger partial charge in [-0.2, -0.15) is 0 Å². The minimum atomic E-state index is -0.568. The Balaban J connectivity index is 1.90. The van der Waals surface area contributed by atoms with E-state index in [-0.39, 0.29) is 18.5 Å². The molecule has 0 fully saturated rings. The van der Waals surface area contributed by atoms with Gasteiger partial charge >= 0.3 is 6.09 Å². The van der Waals surface area contributed by atoms with Crippen molar-refractivity contribution < 1.29 is 14.3 Å². The molecule has 1 aromatic carbocycles. The van der Waals surface area contributed by atoms with Gasteiger partial charge in [-0.3, -0.25) is 4.79 Å². The molecule has 0 heterocycles. The molecule has 0 radical (unpaired) electrons. The molecule has 0 aromatic heterocycles. The zero-order valence-electron chi connectivity index (χ0n) is 13.7. The molecular formula is C17H24N2O3. The number of hydrogen-bond acceptors (Lipinski definition) is 3. The molecule has 0 unspecified atom stereocenters. The van der Waals surface area contributed by atoms with Crippen molar-refractivity contribution in [1.82, 2.24) is 10.2 Å². The molecule has 2 rings (SSSR count). The zero-order chi connectivity index (χ0) is 16.3. The van der Waals surface area contributed by atoms with Crippen LogP contribution in [0, 0.1) is 0 Å². The molecule has 0 spiro atoms. The summed E-state index contributed by atoms with van der Waals surface area (Å²) in [6.07, 6.45) is 1.34. The summed E-state index contributed by atoms with van der Waals surface area (Å²) in [5.74, 6) is -0.118. The first kappa shape index (κ1) is 16.3. The van der Waals surface area contributed by atoms with Crippen molar-refractivity contribution in [3.8, 4) is 0 Å². The average Bonchev–Trinajstić information content (AvgIpc) is 2.86. The van der Waals surface area contributed by atoms with E-state index in [0.717, 1.165) is 12.8 Å². The van der Waals surface area contributed by atoms with Gasteiger partial charge in [-0.05, 0) is 44.7 Å². The summed E-state index contributed by atoms with van der Waals surface area (Å²) < 4.78 is 5.13. The number of alkyl carbamates (subject to hydrolysis) is 1. The van der Waals surface area contributed by atoms with Crippen LogP contribution in [0.1, 0.15) is 44.4 Å². The lowest BCUT2D eigenvalue weighted by Crippen LogP contribution is -2.41. The number of carbonyl (C=O) groups is 2. The Bertz CT molecular complexity index is 563. The number of nitrogens with zero attached hydrogens (tertiary/aromatic N) is 1. The largest absolute Gasteiger partial charge is 0.444 e. The summed E-state index contributed by atoms with van der Waals surface area (Å²) in [6, 6.07) is 8.27. The van der Waals surface area contributed by atoms with Crippen LogP contribution in [-0.4, -0.2) is 36.1 Å². The summed E-state index contributed by atoms with van der Waals surface area (Å²) in [4.78, 5) is 25.6. The third-order valence-corrected chi connectivity index (χ3v) is 3.74. The number of fused-ring (bicyclic) bond motifs is 1. The van der Waals surface area contributed by atoms with Crippen molar-refractivity contribution in [2.75, 3.05) is 13.6 Å². The Morgan fingerprint density at radius 1 is 1.32 bits per heavy atom. The smallest absolute Gasteiger partial charge is 0.408 e. The predicted octanol–water partition coefficient (Wildman–Crippen LogP) is 2.66. The quantitative estimate of drug-likeness (QED) is 0.934. The first-order valence-electron chi connectivity index (χ1n) is 7.58. The first-order valence-corrected chi connectivity index (χ1v) is 7.58. The fraction of sp³-hybridized carbons (Fsp3) is 0.529. The maximum atomic E-state index is 12.3. The van der Waals surface area contributed by atoms with Gasteiger partial charge in [-0.15, -0.1) is 0 Å². The maximum Gasteiger partial charge on any atom is 0.408 e. The summed E-state index contributed by atoms with van der Waals surface area (Å²) in [5.41, 5.74) is 1.94. The van der Waals surface area contributed by atoms with Crippen LogP contribution in [0.3, 0.4) is 0 Å². The van der Waals surface area contributed by atoms with Crippen LogP contribution in [0.2, 0.25) is 0 Å². The van der Waals surface area contributed by atoms with Crippen molar-refractivity contribution in [1.29, 1.82) is 0 Å². The number of likely N-dealkylation sites (N-methyl/N-ethyl adjacent to an activating group) is 1. The number of ether oxygens (including phenoxy) is 1. The van der Waals surface area contributed by atoms with E-state index < -0.39 is 11.7 Å². The van der Waals surface area contributed by atoms with Crippen LogP contribution in [0.5, 0.6) is 0 Å². The van der Waals surface area contributed by atoms with Crippen LogP contribution in [-0.2, 0) is 16.0 Å². The van der Waals surface area contributed by atoms with E-state index in [9.17, 15) is 9.59 Å². The minimum Gasteiger partial charge on any atom is -0.444 e. The van der Waals surface area contributed by atoms with Gasteiger partial charge in [0.25, 0.3) is 0 Å². The minimum absolute atomic E-state index is 0.0515. The van der Waals surface area contributed by atoms with E-state index in [4.69, 9.17) is 4.74 Å². The molecule has 22 heavy (non-hydrogen) atoms. The molecule has 0 aliphatic heterocycles. The van der Waals surface area contributed by atoms with Crippen molar-refractivity contribution >= 4 is 12.0 Å². The van der Waals surface area contributed by atoms with Crippen LogP contribution in [0.15, 0.2) is 24.3 Å². The Labute approximate surface area is 131 Å². The van der Waals surface area contributed by atoms with Crippen LogP contribution < -0.4 is 5.32 Å². The number of carbonyl (C=O) groups excluding carboxylic acids is 2. The zero-order valence-corrected chi connectivity index (χ0v) is 13.7. The molecule has 5 heteroatoms. The Morgan fingerprint density at radius 2 is 2.00 bits per heavy atom. The van der Waals surface area contributed by atoms with Crippen molar-refractivity contribution in [3.63, 3.8) is 0 Å². The fourth-order valence-electron chi connectivity index (χ4n) is 2.70. The molecule has 1 N–H and O–H groups in total. The molecule has 5 nitrogen and oxygen atoms in total. The predicted molar refractivity (Wildman–Crippen MR) is 84.5 cm³/mol. The average molecular weight is 304 g/mol.